The lowest BCUT2D eigenvalue weighted by Crippen LogP contribution is -2.41. The highest BCUT2D eigenvalue weighted by Gasteiger charge is 2.52. The monoisotopic (exact) mass is 784 g/mol. The first-order chi connectivity index (χ1) is 23.9. The summed E-state index contributed by atoms with van der Waals surface area (Å²) in [6.45, 7) is 18.6. The number of aromatic nitrogens is 4. The van der Waals surface area contributed by atoms with Crippen molar-refractivity contribution in [2.24, 2.45) is 0 Å². The summed E-state index contributed by atoms with van der Waals surface area (Å²) in [7, 11) is -0.536. The molecule has 18 heteroatoms. The molecule has 0 saturated carbocycles. The topological polar surface area (TPSA) is 193 Å². The minimum absolute atomic E-state index is 0.0123. The molecule has 0 radical (unpaired) electrons. The van der Waals surface area contributed by atoms with E-state index >= 15 is 0 Å². The molecule has 0 atom stereocenters. The summed E-state index contributed by atoms with van der Waals surface area (Å²) in [6.07, 6.45) is 5.07. The molecule has 0 bridgehead atoms. The highest BCUT2D eigenvalue weighted by molar-refractivity contribution is 9.10. The van der Waals surface area contributed by atoms with E-state index in [9.17, 15) is 29.8 Å². The normalized spacial score (nSPS) is 14.6. The number of benzene rings is 2. The summed E-state index contributed by atoms with van der Waals surface area (Å²) < 4.78 is 25.4. The molecule has 0 unspecified atom stereocenters. The van der Waals surface area contributed by atoms with Gasteiger partial charge in [0.2, 0.25) is 0 Å². The van der Waals surface area contributed by atoms with E-state index in [1.54, 1.807) is 57.4 Å². The van der Waals surface area contributed by atoms with E-state index in [1.807, 2.05) is 48.5 Å². The van der Waals surface area contributed by atoms with Gasteiger partial charge in [0.25, 0.3) is 11.4 Å². The highest BCUT2D eigenvalue weighted by atomic mass is 79.9. The van der Waals surface area contributed by atoms with Gasteiger partial charge >= 0.3 is 19.3 Å². The Kier molecular flexibility index (Phi) is 12.9. The number of carbonyl (C=O) groups is 2. The maximum Gasteiger partial charge on any atom is 0.498 e. The van der Waals surface area contributed by atoms with Gasteiger partial charge < -0.3 is 18.8 Å². The Bertz CT molecular complexity index is 1860. The Morgan fingerprint density at radius 3 is 1.54 bits per heavy atom. The van der Waals surface area contributed by atoms with Gasteiger partial charge in [0, 0.05) is 58.4 Å². The molecule has 0 aliphatic carbocycles. The molecule has 2 aromatic heterocycles. The highest BCUT2D eigenvalue weighted by Crippen LogP contribution is 2.36. The summed E-state index contributed by atoms with van der Waals surface area (Å²) >= 11 is 3.17. The summed E-state index contributed by atoms with van der Waals surface area (Å²) in [4.78, 5) is 43.6. The van der Waals surface area contributed by atoms with Crippen molar-refractivity contribution < 1.29 is 38.2 Å². The maximum atomic E-state index is 11.9. The third-order valence-electron chi connectivity index (χ3n) is 7.32. The first kappa shape index (κ1) is 41.5. The maximum absolute atomic E-state index is 11.9. The van der Waals surface area contributed by atoms with E-state index in [2.05, 4.69) is 26.1 Å². The van der Waals surface area contributed by atoms with Gasteiger partial charge in [-0.3, -0.25) is 20.2 Å². The average Bonchev–Trinajstić information content (AvgIpc) is 3.75. The van der Waals surface area contributed by atoms with Gasteiger partial charge in [0.15, 0.2) is 0 Å². The Morgan fingerprint density at radius 2 is 1.12 bits per heavy atom. The van der Waals surface area contributed by atoms with Gasteiger partial charge in [-0.05, 0) is 99.1 Å². The van der Waals surface area contributed by atoms with Crippen LogP contribution in [0, 0.1) is 20.2 Å². The second-order valence-corrected chi connectivity index (χ2v) is 15.4. The van der Waals surface area contributed by atoms with E-state index in [-0.39, 0.29) is 11.4 Å². The Morgan fingerprint density at radius 1 is 0.712 bits per heavy atom. The van der Waals surface area contributed by atoms with Crippen LogP contribution < -0.4 is 5.46 Å². The van der Waals surface area contributed by atoms with E-state index in [1.165, 1.54) is 36.7 Å². The number of ether oxygens (including phenoxy) is 2. The van der Waals surface area contributed by atoms with Gasteiger partial charge in [-0.1, -0.05) is 15.9 Å². The summed E-state index contributed by atoms with van der Waals surface area (Å²) in [5.41, 5.74) is 0.216. The number of hydrogen-bond donors (Lipinski definition) is 0. The molecular formula is C34H42BBrN6O10. The van der Waals surface area contributed by atoms with Gasteiger partial charge in [-0.25, -0.2) is 9.59 Å². The molecule has 3 heterocycles. The van der Waals surface area contributed by atoms with Crippen molar-refractivity contribution in [2.45, 2.75) is 91.6 Å². The Balaban J connectivity index is 0.000000224. The molecule has 0 N–H and O–H groups in total. The fourth-order valence-electron chi connectivity index (χ4n) is 4.06. The fourth-order valence-corrected chi connectivity index (χ4v) is 4.33. The number of non-ortho nitro benzene ring substituents is 2. The molecule has 278 valence electrons. The molecule has 52 heavy (non-hydrogen) atoms. The van der Waals surface area contributed by atoms with Crippen molar-refractivity contribution in [2.75, 3.05) is 0 Å². The van der Waals surface area contributed by atoms with Crippen molar-refractivity contribution in [1.29, 1.82) is 0 Å². The average molecular weight is 785 g/mol. The summed E-state index contributed by atoms with van der Waals surface area (Å²) in [6, 6.07) is 12.2. The van der Waals surface area contributed by atoms with E-state index in [4.69, 9.17) is 18.8 Å². The predicted octanol–water partition coefficient (Wildman–Crippen LogP) is 7.56. The predicted molar refractivity (Wildman–Crippen MR) is 196 cm³/mol. The van der Waals surface area contributed by atoms with Crippen molar-refractivity contribution >= 4 is 52.1 Å². The number of rotatable bonds is 4. The zero-order valence-electron chi connectivity index (χ0n) is 30.6. The molecule has 0 amide bonds. The Hall–Kier alpha value is -4.94. The lowest BCUT2D eigenvalue weighted by atomic mass is 9.82. The number of carbonyl (C=O) groups excluding carboxylic acids is 2. The molecular weight excluding hydrogens is 743 g/mol. The van der Waals surface area contributed by atoms with E-state index in [0.717, 1.165) is 19.4 Å². The standard InChI is InChI=1S/C14H23BN2O4.C14H15N3O4.C6H4BrNO2/c1-12(2,3)19-11(18)17-9-10(8-16-17)15-20-13(4,5)14(6,7)21-15;1-14(2,3)21-13(18)16-9-11(8-15-16)10-4-6-12(7-5-10)17(19)20;7-5-1-3-6(4-2-5)8(9)10/h8-9H,1-7H3;4-9H,1-3H3;1-4H. The van der Waals surface area contributed by atoms with Gasteiger partial charge in [0.05, 0.1) is 27.2 Å². The zero-order chi connectivity index (χ0) is 39.2. The quantitative estimate of drug-likeness (QED) is 0.112. The largest absolute Gasteiger partial charge is 0.498 e. The van der Waals surface area contributed by atoms with Crippen molar-refractivity contribution in [3.63, 3.8) is 0 Å². The minimum atomic E-state index is -0.601. The lowest BCUT2D eigenvalue weighted by molar-refractivity contribution is -0.385. The molecule has 5 rings (SSSR count). The van der Waals surface area contributed by atoms with Crippen LogP contribution in [-0.4, -0.2) is 71.1 Å². The second kappa shape index (κ2) is 16.2. The Labute approximate surface area is 310 Å². The van der Waals surface area contributed by atoms with Crippen LogP contribution in [0.15, 0.2) is 77.8 Å². The molecule has 16 nitrogen and oxygen atoms in total. The van der Waals surface area contributed by atoms with Gasteiger partial charge in [0.1, 0.15) is 11.2 Å². The molecule has 4 aromatic rings. The van der Waals surface area contributed by atoms with Crippen LogP contribution in [0.25, 0.3) is 11.1 Å². The minimum Gasteiger partial charge on any atom is -0.442 e. The van der Waals surface area contributed by atoms with Gasteiger partial charge in [-0.15, -0.1) is 0 Å². The van der Waals surface area contributed by atoms with Crippen LogP contribution in [-0.2, 0) is 18.8 Å². The van der Waals surface area contributed by atoms with Crippen LogP contribution >= 0.6 is 15.9 Å². The van der Waals surface area contributed by atoms with Gasteiger partial charge in [-0.2, -0.15) is 19.6 Å². The van der Waals surface area contributed by atoms with E-state index in [0.29, 0.717) is 11.0 Å². The third kappa shape index (κ3) is 11.8. The first-order valence-corrected chi connectivity index (χ1v) is 16.7. The number of hydrogen-bond acceptors (Lipinski definition) is 12. The number of nitro groups is 2. The SMILES string of the molecule is CC(C)(C)OC(=O)n1cc(-c2ccc([N+](=O)[O-])cc2)cn1.CC(C)(C)OC(=O)n1cc(B2OC(C)(C)C(C)(C)O2)cn1.O=[N+]([O-])c1ccc(Br)cc1. The zero-order valence-corrected chi connectivity index (χ0v) is 32.2. The number of nitro benzene ring substituents is 2. The summed E-state index contributed by atoms with van der Waals surface area (Å²) in [5.74, 6) is 0. The molecule has 1 saturated heterocycles. The fraction of sp³-hybridized carbons (Fsp3) is 0.412. The molecule has 1 aliphatic rings. The second-order valence-electron chi connectivity index (χ2n) is 14.5. The van der Waals surface area contributed by atoms with Crippen LogP contribution in [0.1, 0.15) is 69.2 Å². The smallest absolute Gasteiger partial charge is 0.442 e. The molecule has 1 fully saturated rings. The van der Waals surface area contributed by atoms with Crippen LogP contribution in [0.3, 0.4) is 0 Å². The van der Waals surface area contributed by atoms with Crippen LogP contribution in [0.2, 0.25) is 0 Å². The molecule has 1 aliphatic heterocycles. The van der Waals surface area contributed by atoms with Crippen molar-refractivity contribution in [3.8, 4) is 11.1 Å². The van der Waals surface area contributed by atoms with Crippen molar-refractivity contribution in [3.05, 3.63) is 98.0 Å². The first-order valence-electron chi connectivity index (χ1n) is 15.9. The summed E-state index contributed by atoms with van der Waals surface area (Å²) in [5, 5.41) is 28.7. The number of halogens is 1. The molecule has 0 spiro atoms. The van der Waals surface area contributed by atoms with E-state index < -0.39 is 51.6 Å². The lowest BCUT2D eigenvalue weighted by Gasteiger charge is -2.32. The molecule has 2 aromatic carbocycles. The van der Waals surface area contributed by atoms with Crippen molar-refractivity contribution in [1.82, 2.24) is 19.6 Å². The van der Waals surface area contributed by atoms with Crippen LogP contribution in [0.5, 0.6) is 0 Å². The number of nitrogens with zero attached hydrogens (tertiary/aromatic N) is 6. The van der Waals surface area contributed by atoms with Crippen LogP contribution in [0.4, 0.5) is 21.0 Å². The third-order valence-corrected chi connectivity index (χ3v) is 7.85.